The molecule has 0 bridgehead atoms. The molecule has 0 radical (unpaired) electrons. The van der Waals surface area contributed by atoms with Gasteiger partial charge in [-0.3, -0.25) is 4.79 Å². The van der Waals surface area contributed by atoms with E-state index < -0.39 is 0 Å². The molecule has 0 saturated heterocycles. The van der Waals surface area contributed by atoms with Crippen LogP contribution in [0, 0.1) is 5.92 Å². The minimum absolute atomic E-state index is 0.00178. The molecule has 1 atom stereocenters. The van der Waals surface area contributed by atoms with Crippen LogP contribution in [0.4, 0.5) is 0 Å². The van der Waals surface area contributed by atoms with Crippen LogP contribution in [-0.2, 0) is 4.79 Å². The minimum Gasteiger partial charge on any atom is -0.355 e. The summed E-state index contributed by atoms with van der Waals surface area (Å²) in [5.74, 6) is 0.208. The third-order valence-electron chi connectivity index (χ3n) is 4.35. The zero-order chi connectivity index (χ0) is 16.6. The molecular formula is C19H40N2O. The fraction of sp³-hybridized carbons (Fsp3) is 0.947. The molecule has 0 saturated carbocycles. The van der Waals surface area contributed by atoms with Crippen molar-refractivity contribution in [2.75, 3.05) is 6.54 Å². The summed E-state index contributed by atoms with van der Waals surface area (Å²) in [6.07, 6.45) is 16.1. The van der Waals surface area contributed by atoms with Crippen molar-refractivity contribution >= 4 is 5.91 Å². The topological polar surface area (TPSA) is 55.1 Å². The summed E-state index contributed by atoms with van der Waals surface area (Å²) >= 11 is 0. The minimum atomic E-state index is -0.364. The maximum Gasteiger partial charge on any atom is 0.237 e. The Morgan fingerprint density at radius 2 is 1.23 bits per heavy atom. The lowest BCUT2D eigenvalue weighted by Crippen LogP contribution is -2.44. The van der Waals surface area contributed by atoms with E-state index in [0.717, 1.165) is 13.0 Å². The number of hydrogen-bond acceptors (Lipinski definition) is 2. The van der Waals surface area contributed by atoms with Crippen molar-refractivity contribution in [2.24, 2.45) is 11.7 Å². The average Bonchev–Trinajstić information content (AvgIpc) is 2.50. The van der Waals surface area contributed by atoms with Crippen molar-refractivity contribution in [3.63, 3.8) is 0 Å². The van der Waals surface area contributed by atoms with Gasteiger partial charge in [-0.1, -0.05) is 91.4 Å². The number of carbonyl (C=O) groups is 1. The summed E-state index contributed by atoms with van der Waals surface area (Å²) in [5.41, 5.74) is 5.80. The molecule has 0 aliphatic heterocycles. The number of carbonyl (C=O) groups excluding carboxylic acids is 1. The molecule has 0 aliphatic rings. The monoisotopic (exact) mass is 312 g/mol. The van der Waals surface area contributed by atoms with E-state index in [9.17, 15) is 4.79 Å². The molecule has 0 aromatic heterocycles. The maximum absolute atomic E-state index is 11.6. The van der Waals surface area contributed by atoms with Gasteiger partial charge in [0.25, 0.3) is 0 Å². The molecule has 1 amide bonds. The van der Waals surface area contributed by atoms with E-state index in [4.69, 9.17) is 5.73 Å². The predicted octanol–water partition coefficient (Wildman–Crippen LogP) is 4.79. The molecular weight excluding hydrogens is 272 g/mol. The van der Waals surface area contributed by atoms with Gasteiger partial charge in [0.2, 0.25) is 5.91 Å². The second-order valence-corrected chi connectivity index (χ2v) is 6.95. The van der Waals surface area contributed by atoms with Crippen LogP contribution in [0.25, 0.3) is 0 Å². The Labute approximate surface area is 138 Å². The van der Waals surface area contributed by atoms with Gasteiger partial charge in [0.05, 0.1) is 6.04 Å². The van der Waals surface area contributed by atoms with Gasteiger partial charge in [-0.25, -0.2) is 0 Å². The number of nitrogens with one attached hydrogen (secondary N) is 1. The summed E-state index contributed by atoms with van der Waals surface area (Å²) in [5, 5.41) is 2.94. The van der Waals surface area contributed by atoms with E-state index in [1.54, 1.807) is 0 Å². The number of unbranched alkanes of at least 4 members (excludes halogenated alkanes) is 11. The van der Waals surface area contributed by atoms with Crippen molar-refractivity contribution in [1.29, 1.82) is 0 Å². The predicted molar refractivity (Wildman–Crippen MR) is 96.9 cm³/mol. The zero-order valence-corrected chi connectivity index (χ0v) is 15.3. The summed E-state index contributed by atoms with van der Waals surface area (Å²) in [7, 11) is 0. The maximum atomic E-state index is 11.6. The Bertz CT molecular complexity index is 254. The smallest absolute Gasteiger partial charge is 0.237 e. The highest BCUT2D eigenvalue weighted by atomic mass is 16.2. The number of hydrogen-bond donors (Lipinski definition) is 2. The summed E-state index contributed by atoms with van der Waals surface area (Å²) < 4.78 is 0. The highest BCUT2D eigenvalue weighted by Crippen LogP contribution is 2.11. The number of rotatable bonds is 15. The fourth-order valence-electron chi connectivity index (χ4n) is 2.60. The molecule has 0 aromatic rings. The SMILES string of the molecule is CCCCCCCCCCCCCCNC(=O)[C@@H](N)C(C)C. The first kappa shape index (κ1) is 21.4. The molecule has 0 aliphatic carbocycles. The quantitative estimate of drug-likeness (QED) is 0.427. The van der Waals surface area contributed by atoms with Crippen molar-refractivity contribution in [1.82, 2.24) is 5.32 Å². The molecule has 0 rings (SSSR count). The van der Waals surface area contributed by atoms with Gasteiger partial charge < -0.3 is 11.1 Å². The van der Waals surface area contributed by atoms with E-state index in [1.165, 1.54) is 70.6 Å². The van der Waals surface area contributed by atoms with Crippen molar-refractivity contribution < 1.29 is 4.79 Å². The van der Waals surface area contributed by atoms with Gasteiger partial charge in [-0.05, 0) is 12.3 Å². The second-order valence-electron chi connectivity index (χ2n) is 6.95. The lowest BCUT2D eigenvalue weighted by molar-refractivity contribution is -0.123. The first-order valence-electron chi connectivity index (χ1n) is 9.62. The van der Waals surface area contributed by atoms with Crippen LogP contribution in [-0.4, -0.2) is 18.5 Å². The zero-order valence-electron chi connectivity index (χ0n) is 15.3. The molecule has 0 spiro atoms. The van der Waals surface area contributed by atoms with Crippen LogP contribution >= 0.6 is 0 Å². The first-order chi connectivity index (χ1) is 10.6. The Balaban J connectivity index is 3.19. The van der Waals surface area contributed by atoms with Gasteiger partial charge in [0, 0.05) is 6.54 Å². The molecule has 3 N–H and O–H groups in total. The lowest BCUT2D eigenvalue weighted by Gasteiger charge is -2.15. The van der Waals surface area contributed by atoms with E-state index in [-0.39, 0.29) is 17.9 Å². The number of amides is 1. The van der Waals surface area contributed by atoms with Gasteiger partial charge in [-0.15, -0.1) is 0 Å². The van der Waals surface area contributed by atoms with E-state index in [0.29, 0.717) is 0 Å². The molecule has 22 heavy (non-hydrogen) atoms. The normalized spacial score (nSPS) is 12.6. The van der Waals surface area contributed by atoms with Gasteiger partial charge in [0.1, 0.15) is 0 Å². The summed E-state index contributed by atoms with van der Waals surface area (Å²) in [4.78, 5) is 11.6. The Morgan fingerprint density at radius 3 is 1.64 bits per heavy atom. The Morgan fingerprint density at radius 1 is 0.818 bits per heavy atom. The Hall–Kier alpha value is -0.570. The van der Waals surface area contributed by atoms with Gasteiger partial charge in [-0.2, -0.15) is 0 Å². The third-order valence-corrected chi connectivity index (χ3v) is 4.35. The van der Waals surface area contributed by atoms with E-state index >= 15 is 0 Å². The van der Waals surface area contributed by atoms with Crippen LogP contribution in [0.5, 0.6) is 0 Å². The van der Waals surface area contributed by atoms with Crippen LogP contribution < -0.4 is 11.1 Å². The van der Waals surface area contributed by atoms with Crippen LogP contribution in [0.2, 0.25) is 0 Å². The highest BCUT2D eigenvalue weighted by Gasteiger charge is 2.15. The third kappa shape index (κ3) is 13.1. The lowest BCUT2D eigenvalue weighted by atomic mass is 10.0. The van der Waals surface area contributed by atoms with Crippen LogP contribution in [0.15, 0.2) is 0 Å². The molecule has 3 nitrogen and oxygen atoms in total. The van der Waals surface area contributed by atoms with E-state index in [1.807, 2.05) is 13.8 Å². The molecule has 3 heteroatoms. The summed E-state index contributed by atoms with van der Waals surface area (Å²) in [6.45, 7) is 7.00. The van der Waals surface area contributed by atoms with Crippen molar-refractivity contribution in [2.45, 2.75) is 104 Å². The largest absolute Gasteiger partial charge is 0.355 e. The molecule has 0 unspecified atom stereocenters. The van der Waals surface area contributed by atoms with Gasteiger partial charge in [0.15, 0.2) is 0 Å². The molecule has 0 fully saturated rings. The molecule has 0 heterocycles. The summed E-state index contributed by atoms with van der Waals surface area (Å²) in [6, 6.07) is -0.364. The van der Waals surface area contributed by atoms with Crippen molar-refractivity contribution in [3.8, 4) is 0 Å². The van der Waals surface area contributed by atoms with E-state index in [2.05, 4.69) is 12.2 Å². The molecule has 0 aromatic carbocycles. The van der Waals surface area contributed by atoms with Gasteiger partial charge >= 0.3 is 0 Å². The highest BCUT2D eigenvalue weighted by molar-refractivity contribution is 5.81. The fourth-order valence-corrected chi connectivity index (χ4v) is 2.60. The molecule has 132 valence electrons. The van der Waals surface area contributed by atoms with Crippen LogP contribution in [0.1, 0.15) is 97.8 Å². The second kappa shape index (κ2) is 15.3. The Kier molecular flexibility index (Phi) is 14.9. The van der Waals surface area contributed by atoms with Crippen LogP contribution in [0.3, 0.4) is 0 Å². The van der Waals surface area contributed by atoms with Crippen molar-refractivity contribution in [3.05, 3.63) is 0 Å². The average molecular weight is 313 g/mol. The number of nitrogens with two attached hydrogens (primary N) is 1. The first-order valence-corrected chi connectivity index (χ1v) is 9.62. The standard InChI is InChI=1S/C19H40N2O/c1-4-5-6-7-8-9-10-11-12-13-14-15-16-21-19(22)18(20)17(2)3/h17-18H,4-16,20H2,1-3H3,(H,21,22)/t18-/m0/s1.